The molecule has 30 heavy (non-hydrogen) atoms. The molecule has 10 atom stereocenters. The van der Waals surface area contributed by atoms with E-state index in [1.54, 1.807) is 6.07 Å². The molecule has 1 unspecified atom stereocenters. The zero-order valence-corrected chi connectivity index (χ0v) is 17.8. The highest BCUT2D eigenvalue weighted by atomic mass is 16.4. The summed E-state index contributed by atoms with van der Waals surface area (Å²) in [6.07, 6.45) is 4.29. The van der Waals surface area contributed by atoms with Crippen LogP contribution in [-0.4, -0.2) is 44.3 Å². The predicted molar refractivity (Wildman–Crippen MR) is 110 cm³/mol. The van der Waals surface area contributed by atoms with E-state index in [0.29, 0.717) is 25.7 Å². The van der Waals surface area contributed by atoms with Crippen LogP contribution in [0, 0.1) is 28.6 Å². The fourth-order valence-electron chi connectivity index (χ4n) is 8.35. The van der Waals surface area contributed by atoms with Crippen LogP contribution in [0.3, 0.4) is 0 Å². The molecule has 1 aromatic heterocycles. The number of aliphatic hydroxyl groups excluding tert-OH is 3. The van der Waals surface area contributed by atoms with E-state index in [9.17, 15) is 25.2 Å². The minimum atomic E-state index is -1.04. The van der Waals surface area contributed by atoms with Crippen molar-refractivity contribution in [3.63, 3.8) is 0 Å². The maximum Gasteiger partial charge on any atom is 0.335 e. The van der Waals surface area contributed by atoms with E-state index in [1.807, 2.05) is 6.92 Å². The Kier molecular flexibility index (Phi) is 4.58. The third-order valence-corrected chi connectivity index (χ3v) is 10.1. The number of rotatable bonds is 1. The van der Waals surface area contributed by atoms with Gasteiger partial charge >= 0.3 is 5.63 Å². The van der Waals surface area contributed by atoms with E-state index in [-0.39, 0.29) is 23.7 Å². The largest absolute Gasteiger partial charge is 0.431 e. The fourth-order valence-corrected chi connectivity index (χ4v) is 8.35. The molecule has 4 saturated carbocycles. The number of hydrogen-bond acceptors (Lipinski definition) is 6. The molecule has 4 aliphatic rings. The van der Waals surface area contributed by atoms with Crippen molar-refractivity contribution >= 4 is 0 Å². The average Bonchev–Trinajstić information content (AvgIpc) is 2.98. The summed E-state index contributed by atoms with van der Waals surface area (Å²) in [7, 11) is 0. The van der Waals surface area contributed by atoms with Gasteiger partial charge in [-0.2, -0.15) is 0 Å². The average molecular weight is 419 g/mol. The van der Waals surface area contributed by atoms with E-state index in [2.05, 4.69) is 6.92 Å². The molecule has 0 spiro atoms. The Morgan fingerprint density at radius 3 is 2.43 bits per heavy atom. The maximum atomic E-state index is 12.2. The number of hydrogen-bond donors (Lipinski definition) is 4. The van der Waals surface area contributed by atoms with E-state index in [4.69, 9.17) is 4.42 Å². The van der Waals surface area contributed by atoms with Crippen LogP contribution in [0.25, 0.3) is 0 Å². The second-order valence-corrected chi connectivity index (χ2v) is 10.9. The quantitative estimate of drug-likeness (QED) is 0.556. The monoisotopic (exact) mass is 418 g/mol. The molecule has 4 N–H and O–H groups in total. The fraction of sp³-hybridized carbons (Fsp3) is 0.792. The summed E-state index contributed by atoms with van der Waals surface area (Å²) in [5.74, 6) is 0.127. The lowest BCUT2D eigenvalue weighted by Gasteiger charge is -2.65. The van der Waals surface area contributed by atoms with Crippen molar-refractivity contribution in [2.75, 3.05) is 0 Å². The summed E-state index contributed by atoms with van der Waals surface area (Å²) < 4.78 is 5.11. The highest BCUT2D eigenvalue weighted by Gasteiger charge is 2.71. The summed E-state index contributed by atoms with van der Waals surface area (Å²) in [5, 5.41) is 44.9. The topological polar surface area (TPSA) is 111 Å². The van der Waals surface area contributed by atoms with Crippen LogP contribution in [0.1, 0.15) is 70.3 Å². The van der Waals surface area contributed by atoms with Gasteiger partial charge in [0.05, 0.1) is 30.2 Å². The number of fused-ring (bicyclic) bond motifs is 5. The lowest BCUT2D eigenvalue weighted by Crippen LogP contribution is -2.68. The van der Waals surface area contributed by atoms with E-state index >= 15 is 0 Å². The smallest absolute Gasteiger partial charge is 0.335 e. The Hall–Kier alpha value is -1.21. The molecule has 1 aromatic rings. The van der Waals surface area contributed by atoms with Gasteiger partial charge in [0.25, 0.3) is 0 Å². The molecule has 0 bridgehead atoms. The zero-order valence-electron chi connectivity index (χ0n) is 17.8. The van der Waals surface area contributed by atoms with Crippen molar-refractivity contribution < 1.29 is 24.8 Å². The Morgan fingerprint density at radius 2 is 1.73 bits per heavy atom. The normalized spacial score (nSPS) is 52.9. The van der Waals surface area contributed by atoms with Gasteiger partial charge in [-0.3, -0.25) is 0 Å². The van der Waals surface area contributed by atoms with Gasteiger partial charge in [0.1, 0.15) is 0 Å². The van der Waals surface area contributed by atoms with E-state index in [0.717, 1.165) is 24.8 Å². The Morgan fingerprint density at radius 1 is 0.967 bits per heavy atom. The third kappa shape index (κ3) is 2.48. The molecule has 0 radical (unpaired) electrons. The van der Waals surface area contributed by atoms with Crippen LogP contribution in [-0.2, 0) is 0 Å². The third-order valence-electron chi connectivity index (χ3n) is 10.1. The standard InChI is InChI=1S/C24H34O6/c1-22-14(9-15(25)10-19(22)26)4-5-17-18(22)11-20(27)23(2)16(7-8-24(17,23)29)13-3-6-21(28)30-12-13/h3,6,12,14-20,25-27,29H,4-5,7-11H2,1-2H3/t14-,15-,16-,17?,18+,19-,20-,22+,23+,24+/m1/s1. The van der Waals surface area contributed by atoms with Crippen molar-refractivity contribution in [1.82, 2.24) is 0 Å². The summed E-state index contributed by atoms with van der Waals surface area (Å²) >= 11 is 0. The minimum absolute atomic E-state index is 0.00207. The molecule has 6 nitrogen and oxygen atoms in total. The summed E-state index contributed by atoms with van der Waals surface area (Å²) in [6.45, 7) is 4.11. The van der Waals surface area contributed by atoms with Crippen molar-refractivity contribution in [2.45, 2.75) is 88.6 Å². The van der Waals surface area contributed by atoms with Gasteiger partial charge in [-0.05, 0) is 85.7 Å². The Balaban J connectivity index is 1.54. The molecule has 1 heterocycles. The molecule has 0 amide bonds. The first-order valence-electron chi connectivity index (χ1n) is 11.5. The van der Waals surface area contributed by atoms with Gasteiger partial charge in [0.15, 0.2) is 0 Å². The molecule has 0 aromatic carbocycles. The minimum Gasteiger partial charge on any atom is -0.431 e. The highest BCUT2D eigenvalue weighted by molar-refractivity contribution is 5.29. The molecular weight excluding hydrogens is 384 g/mol. The molecule has 166 valence electrons. The van der Waals surface area contributed by atoms with Crippen LogP contribution in [0.2, 0.25) is 0 Å². The molecule has 0 saturated heterocycles. The highest BCUT2D eigenvalue weighted by Crippen LogP contribution is 2.70. The molecule has 4 aliphatic carbocycles. The van der Waals surface area contributed by atoms with Crippen molar-refractivity contribution in [1.29, 1.82) is 0 Å². The second kappa shape index (κ2) is 6.64. The summed E-state index contributed by atoms with van der Waals surface area (Å²) in [5.41, 5.74) is -1.74. The van der Waals surface area contributed by atoms with Crippen LogP contribution in [0.5, 0.6) is 0 Å². The maximum absolute atomic E-state index is 12.2. The Labute approximate surface area is 176 Å². The van der Waals surface area contributed by atoms with Crippen LogP contribution in [0.15, 0.2) is 27.6 Å². The molecule has 0 aliphatic heterocycles. The van der Waals surface area contributed by atoms with Crippen molar-refractivity contribution in [3.8, 4) is 0 Å². The molecular formula is C24H34O6. The van der Waals surface area contributed by atoms with Gasteiger partial charge in [0, 0.05) is 11.5 Å². The zero-order chi connectivity index (χ0) is 21.5. The van der Waals surface area contributed by atoms with Crippen LogP contribution >= 0.6 is 0 Å². The van der Waals surface area contributed by atoms with Gasteiger partial charge in [-0.15, -0.1) is 0 Å². The van der Waals surface area contributed by atoms with Crippen LogP contribution < -0.4 is 5.63 Å². The summed E-state index contributed by atoms with van der Waals surface area (Å²) in [4.78, 5) is 11.4. The number of aliphatic hydroxyl groups is 4. The molecule has 6 heteroatoms. The van der Waals surface area contributed by atoms with Crippen LogP contribution in [0.4, 0.5) is 0 Å². The van der Waals surface area contributed by atoms with Gasteiger partial charge in [0.2, 0.25) is 0 Å². The molecule has 5 rings (SSSR count). The first-order chi connectivity index (χ1) is 14.1. The van der Waals surface area contributed by atoms with Gasteiger partial charge < -0.3 is 24.8 Å². The first kappa shape index (κ1) is 20.7. The second-order valence-electron chi connectivity index (χ2n) is 10.9. The van der Waals surface area contributed by atoms with Crippen molar-refractivity contribution in [3.05, 3.63) is 34.4 Å². The SMILES string of the molecule is C[C@]12[C@H](CCC3[C@@H]1C[C@@H](O)[C@]1(C)[C@@H](c4ccc(=O)oc4)CC[C@]31O)C[C@@H](O)C[C@H]2O. The molecule has 4 fully saturated rings. The first-order valence-corrected chi connectivity index (χ1v) is 11.5. The Bertz CT molecular complexity index is 862. The van der Waals surface area contributed by atoms with E-state index < -0.39 is 40.4 Å². The van der Waals surface area contributed by atoms with Gasteiger partial charge in [-0.25, -0.2) is 4.79 Å². The lowest BCUT2D eigenvalue weighted by atomic mass is 9.42. The van der Waals surface area contributed by atoms with Gasteiger partial charge in [-0.1, -0.05) is 13.8 Å². The summed E-state index contributed by atoms with van der Waals surface area (Å²) in [6, 6.07) is 3.17. The lowest BCUT2D eigenvalue weighted by molar-refractivity contribution is -0.257. The van der Waals surface area contributed by atoms with Crippen molar-refractivity contribution in [2.24, 2.45) is 28.6 Å². The van der Waals surface area contributed by atoms with E-state index in [1.165, 1.54) is 12.3 Å². The predicted octanol–water partition coefficient (Wildman–Crippen LogP) is 2.18.